The Bertz CT molecular complexity index is 1010. The lowest BCUT2D eigenvalue weighted by molar-refractivity contribution is 0.378. The van der Waals surface area contributed by atoms with Crippen molar-refractivity contribution in [3.05, 3.63) is 41.3 Å². The van der Waals surface area contributed by atoms with Crippen LogP contribution in [0.25, 0.3) is 23.3 Å². The van der Waals surface area contributed by atoms with Crippen LogP contribution in [0.3, 0.4) is 0 Å². The molecule has 0 spiro atoms. The Balaban J connectivity index is 1.47. The van der Waals surface area contributed by atoms with E-state index in [4.69, 9.17) is 18.0 Å². The highest BCUT2D eigenvalue weighted by Crippen LogP contribution is 2.26. The highest BCUT2D eigenvalue weighted by molar-refractivity contribution is 5.46. The highest BCUT2D eigenvalue weighted by atomic mass is 16.5. The minimum absolute atomic E-state index is 0.0239. The molecule has 0 radical (unpaired) electrons. The van der Waals surface area contributed by atoms with E-state index in [0.29, 0.717) is 47.8 Å². The van der Waals surface area contributed by atoms with Gasteiger partial charge in [0.25, 0.3) is 11.8 Å². The lowest BCUT2D eigenvalue weighted by Gasteiger charge is -2.02. The maximum absolute atomic E-state index is 5.54. The predicted molar refractivity (Wildman–Crippen MR) is 88.0 cm³/mol. The van der Waals surface area contributed by atoms with Crippen LogP contribution in [0.1, 0.15) is 42.7 Å². The van der Waals surface area contributed by atoms with Crippen molar-refractivity contribution in [3.8, 4) is 23.3 Å². The molecule has 9 nitrogen and oxygen atoms in total. The zero-order chi connectivity index (χ0) is 18.1. The molecule has 0 aliphatic carbocycles. The molecule has 4 aromatic heterocycles. The SMILES string of the molecule is CCc1noc(-c2cc(CC(C)c3noc(-c4cc(C)no4)n3)co2)n1. The van der Waals surface area contributed by atoms with Crippen molar-refractivity contribution in [2.24, 2.45) is 0 Å². The number of hydrogen-bond acceptors (Lipinski definition) is 9. The van der Waals surface area contributed by atoms with Crippen molar-refractivity contribution in [2.45, 2.75) is 39.5 Å². The Hall–Kier alpha value is -3.23. The minimum atomic E-state index is 0.0239. The molecule has 26 heavy (non-hydrogen) atoms. The lowest BCUT2D eigenvalue weighted by Crippen LogP contribution is -1.99. The maximum atomic E-state index is 5.54. The summed E-state index contributed by atoms with van der Waals surface area (Å²) < 4.78 is 21.1. The summed E-state index contributed by atoms with van der Waals surface area (Å²) in [5.74, 6) is 2.96. The van der Waals surface area contributed by atoms with Gasteiger partial charge in [0, 0.05) is 18.4 Å². The molecule has 0 N–H and O–H groups in total. The second-order valence-electron chi connectivity index (χ2n) is 6.08. The Morgan fingerprint density at radius 1 is 0.962 bits per heavy atom. The van der Waals surface area contributed by atoms with Crippen molar-refractivity contribution in [2.75, 3.05) is 0 Å². The molecule has 1 unspecified atom stereocenters. The van der Waals surface area contributed by atoms with E-state index in [1.807, 2.05) is 26.8 Å². The van der Waals surface area contributed by atoms with Gasteiger partial charge in [-0.1, -0.05) is 29.3 Å². The number of aryl methyl sites for hydroxylation is 2. The number of nitrogens with zero attached hydrogens (tertiary/aromatic N) is 5. The zero-order valence-electron chi connectivity index (χ0n) is 14.6. The van der Waals surface area contributed by atoms with Crippen molar-refractivity contribution >= 4 is 0 Å². The van der Waals surface area contributed by atoms with Gasteiger partial charge in [0.1, 0.15) is 0 Å². The molecule has 0 aliphatic rings. The summed E-state index contributed by atoms with van der Waals surface area (Å²) in [5, 5.41) is 11.7. The molecule has 4 aromatic rings. The number of rotatable bonds is 6. The Morgan fingerprint density at radius 3 is 2.50 bits per heavy atom. The monoisotopic (exact) mass is 355 g/mol. The van der Waals surface area contributed by atoms with E-state index in [2.05, 4.69) is 25.4 Å². The zero-order valence-corrected chi connectivity index (χ0v) is 14.6. The van der Waals surface area contributed by atoms with Gasteiger partial charge >= 0.3 is 0 Å². The van der Waals surface area contributed by atoms with Crippen LogP contribution in [0.2, 0.25) is 0 Å². The molecule has 134 valence electrons. The van der Waals surface area contributed by atoms with Gasteiger partial charge in [0.2, 0.25) is 5.76 Å². The summed E-state index contributed by atoms with van der Waals surface area (Å²) in [4.78, 5) is 8.65. The van der Waals surface area contributed by atoms with Crippen LogP contribution in [0, 0.1) is 6.92 Å². The Morgan fingerprint density at radius 2 is 1.77 bits per heavy atom. The van der Waals surface area contributed by atoms with Gasteiger partial charge in [-0.15, -0.1) is 0 Å². The van der Waals surface area contributed by atoms with Crippen LogP contribution >= 0.6 is 0 Å². The van der Waals surface area contributed by atoms with Crippen LogP contribution in [-0.4, -0.2) is 25.4 Å². The molecule has 0 saturated heterocycles. The lowest BCUT2D eigenvalue weighted by atomic mass is 10.0. The standard InChI is InChI=1S/C17H17N5O4/c1-4-14-18-16(25-21-14)12-7-11(8-23-12)5-9(2)15-19-17(26-22-15)13-6-10(3)20-24-13/h6-9H,4-5H2,1-3H3. The van der Waals surface area contributed by atoms with Gasteiger partial charge in [-0.3, -0.25) is 0 Å². The van der Waals surface area contributed by atoms with E-state index in [1.165, 1.54) is 0 Å². The fourth-order valence-electron chi connectivity index (χ4n) is 2.54. The van der Waals surface area contributed by atoms with Gasteiger partial charge in [-0.25, -0.2) is 0 Å². The predicted octanol–water partition coefficient (Wildman–Crippen LogP) is 3.58. The summed E-state index contributed by atoms with van der Waals surface area (Å²) in [6, 6.07) is 3.63. The highest BCUT2D eigenvalue weighted by Gasteiger charge is 2.20. The molecule has 0 aromatic carbocycles. The molecule has 0 amide bonds. The normalized spacial score (nSPS) is 12.6. The van der Waals surface area contributed by atoms with Crippen molar-refractivity contribution in [1.82, 2.24) is 25.4 Å². The average molecular weight is 355 g/mol. The molecule has 0 aliphatic heterocycles. The molecule has 0 fully saturated rings. The van der Waals surface area contributed by atoms with E-state index in [-0.39, 0.29) is 5.92 Å². The van der Waals surface area contributed by atoms with Gasteiger partial charge in [-0.05, 0) is 25.0 Å². The number of furan rings is 1. The topological polar surface area (TPSA) is 117 Å². The summed E-state index contributed by atoms with van der Waals surface area (Å²) in [7, 11) is 0. The van der Waals surface area contributed by atoms with E-state index in [9.17, 15) is 0 Å². The van der Waals surface area contributed by atoms with E-state index in [1.54, 1.807) is 12.3 Å². The Kier molecular flexibility index (Phi) is 4.11. The molecule has 4 heterocycles. The third kappa shape index (κ3) is 3.15. The summed E-state index contributed by atoms with van der Waals surface area (Å²) in [6.45, 7) is 5.80. The third-order valence-electron chi connectivity index (χ3n) is 3.91. The number of hydrogen-bond donors (Lipinski definition) is 0. The summed E-state index contributed by atoms with van der Waals surface area (Å²) in [5.41, 5.74) is 1.73. The molecule has 1 atom stereocenters. The van der Waals surface area contributed by atoms with Crippen LogP contribution in [0.15, 0.2) is 36.4 Å². The van der Waals surface area contributed by atoms with Crippen LogP contribution in [0.5, 0.6) is 0 Å². The fourth-order valence-corrected chi connectivity index (χ4v) is 2.54. The van der Waals surface area contributed by atoms with Crippen molar-refractivity contribution < 1.29 is 18.0 Å². The van der Waals surface area contributed by atoms with Gasteiger partial charge in [0.05, 0.1) is 12.0 Å². The second kappa shape index (κ2) is 6.58. The van der Waals surface area contributed by atoms with E-state index < -0.39 is 0 Å². The average Bonchev–Trinajstić information content (AvgIpc) is 3.40. The largest absolute Gasteiger partial charge is 0.459 e. The van der Waals surface area contributed by atoms with Crippen LogP contribution < -0.4 is 0 Å². The maximum Gasteiger partial charge on any atom is 0.296 e. The third-order valence-corrected chi connectivity index (χ3v) is 3.91. The first-order valence-corrected chi connectivity index (χ1v) is 8.30. The molecular weight excluding hydrogens is 338 g/mol. The molecular formula is C17H17N5O4. The molecule has 0 saturated carbocycles. The van der Waals surface area contributed by atoms with Gasteiger partial charge < -0.3 is 18.0 Å². The van der Waals surface area contributed by atoms with E-state index in [0.717, 1.165) is 11.3 Å². The summed E-state index contributed by atoms with van der Waals surface area (Å²) in [6.07, 6.45) is 3.05. The molecule has 9 heteroatoms. The van der Waals surface area contributed by atoms with Gasteiger partial charge in [-0.2, -0.15) is 9.97 Å². The minimum Gasteiger partial charge on any atom is -0.459 e. The molecule has 0 bridgehead atoms. The smallest absolute Gasteiger partial charge is 0.296 e. The van der Waals surface area contributed by atoms with Crippen molar-refractivity contribution in [1.29, 1.82) is 0 Å². The second-order valence-corrected chi connectivity index (χ2v) is 6.08. The first-order chi connectivity index (χ1) is 12.6. The van der Waals surface area contributed by atoms with Crippen LogP contribution in [-0.2, 0) is 12.8 Å². The first kappa shape index (κ1) is 16.2. The van der Waals surface area contributed by atoms with Crippen LogP contribution in [0.4, 0.5) is 0 Å². The van der Waals surface area contributed by atoms with Gasteiger partial charge in [0.15, 0.2) is 17.4 Å². The number of aromatic nitrogens is 5. The summed E-state index contributed by atoms with van der Waals surface area (Å²) >= 11 is 0. The molecule has 4 rings (SSSR count). The first-order valence-electron chi connectivity index (χ1n) is 8.30. The Labute approximate surface area is 148 Å². The quantitative estimate of drug-likeness (QED) is 0.511. The van der Waals surface area contributed by atoms with E-state index >= 15 is 0 Å². The fraction of sp³-hybridized carbons (Fsp3) is 0.353. The van der Waals surface area contributed by atoms with Crippen molar-refractivity contribution in [3.63, 3.8) is 0 Å².